The smallest absolute Gasteiger partial charge is 0.252 e. The van der Waals surface area contributed by atoms with Gasteiger partial charge in [-0.1, -0.05) is 12.1 Å². The highest BCUT2D eigenvalue weighted by Crippen LogP contribution is 2.28. The van der Waals surface area contributed by atoms with Crippen molar-refractivity contribution in [3.63, 3.8) is 0 Å². The number of ether oxygens (including phenoxy) is 1. The third-order valence-corrected chi connectivity index (χ3v) is 6.16. The van der Waals surface area contributed by atoms with Crippen LogP contribution in [0.5, 0.6) is 11.5 Å². The molecule has 4 N–H and O–H groups in total. The van der Waals surface area contributed by atoms with Crippen molar-refractivity contribution in [1.29, 1.82) is 0 Å². The van der Waals surface area contributed by atoms with Crippen LogP contribution in [0, 0.1) is 0 Å². The Morgan fingerprint density at radius 2 is 1.86 bits per heavy atom. The van der Waals surface area contributed by atoms with Crippen LogP contribution in [0.2, 0.25) is 0 Å². The van der Waals surface area contributed by atoms with E-state index in [4.69, 9.17) is 10.5 Å². The fourth-order valence-corrected chi connectivity index (χ4v) is 4.13. The van der Waals surface area contributed by atoms with Crippen LogP contribution >= 0.6 is 0 Å². The van der Waals surface area contributed by atoms with Gasteiger partial charge in [0.2, 0.25) is 11.8 Å². The summed E-state index contributed by atoms with van der Waals surface area (Å²) >= 11 is 0. The second kappa shape index (κ2) is 10.9. The quantitative estimate of drug-likeness (QED) is 0.438. The molecule has 0 aliphatic carbocycles. The fourth-order valence-electron chi connectivity index (χ4n) is 4.13. The number of benzene rings is 2. The molecular formula is C26H29N5O5. The minimum atomic E-state index is -0.613. The summed E-state index contributed by atoms with van der Waals surface area (Å²) in [5.74, 6) is -0.169. The summed E-state index contributed by atoms with van der Waals surface area (Å²) in [6.07, 6.45) is 4.66. The van der Waals surface area contributed by atoms with Crippen molar-refractivity contribution >= 4 is 17.7 Å². The molecule has 0 spiro atoms. The van der Waals surface area contributed by atoms with E-state index in [2.05, 4.69) is 10.3 Å². The number of hydrogen-bond donors (Lipinski definition) is 3. The van der Waals surface area contributed by atoms with Gasteiger partial charge >= 0.3 is 0 Å². The molecule has 3 amide bonds. The highest BCUT2D eigenvalue weighted by Gasteiger charge is 2.25. The van der Waals surface area contributed by atoms with Crippen LogP contribution in [-0.2, 0) is 22.6 Å². The van der Waals surface area contributed by atoms with Gasteiger partial charge in [-0.2, -0.15) is 0 Å². The minimum Gasteiger partial charge on any atom is -0.508 e. The molecule has 0 bridgehead atoms. The van der Waals surface area contributed by atoms with Crippen LogP contribution in [0.1, 0.15) is 28.8 Å². The Labute approximate surface area is 208 Å². The Morgan fingerprint density at radius 3 is 2.53 bits per heavy atom. The number of imidazole rings is 1. The summed E-state index contributed by atoms with van der Waals surface area (Å²) in [4.78, 5) is 42.5. The lowest BCUT2D eigenvalue weighted by Gasteiger charge is -2.32. The second-order valence-electron chi connectivity index (χ2n) is 8.72. The maximum absolute atomic E-state index is 12.6. The van der Waals surface area contributed by atoms with Gasteiger partial charge < -0.3 is 30.4 Å². The van der Waals surface area contributed by atoms with Crippen LogP contribution in [-0.4, -0.2) is 63.5 Å². The number of hydrogen-bond acceptors (Lipinski definition) is 6. The van der Waals surface area contributed by atoms with Gasteiger partial charge in [0.15, 0.2) is 0 Å². The molecule has 2 heterocycles. The molecule has 10 heteroatoms. The average molecular weight is 492 g/mol. The number of nitrogens with zero attached hydrogens (tertiary/aromatic N) is 3. The van der Waals surface area contributed by atoms with Gasteiger partial charge in [-0.05, 0) is 35.9 Å². The number of nitrogens with one attached hydrogen (secondary N) is 1. The van der Waals surface area contributed by atoms with E-state index in [0.717, 1.165) is 5.56 Å². The third kappa shape index (κ3) is 6.01. The van der Waals surface area contributed by atoms with Gasteiger partial charge in [-0.15, -0.1) is 0 Å². The zero-order chi connectivity index (χ0) is 25.7. The second-order valence-corrected chi connectivity index (χ2v) is 8.72. The fraction of sp³-hybridized carbons (Fsp3) is 0.308. The number of phenolic OH excluding ortho intramolecular Hbond substituents is 1. The standard InChI is InChI=1S/C26H29N5O5/c1-28-24(33)15-30-14-22(29-16-30)18-4-7-23(21(13-18)26(27)35)36-20-8-10-31(11-9-20)25(34)12-17-2-5-19(32)6-3-17/h2-7,13-14,16,20,32H,8-12,15H2,1H3,(H2,27,35)(H,28,33). The van der Waals surface area contributed by atoms with E-state index in [0.29, 0.717) is 42.9 Å². The van der Waals surface area contributed by atoms with E-state index < -0.39 is 5.91 Å². The summed E-state index contributed by atoms with van der Waals surface area (Å²) in [6.45, 7) is 1.24. The van der Waals surface area contributed by atoms with Crippen molar-refractivity contribution in [2.75, 3.05) is 20.1 Å². The number of likely N-dealkylation sites (tertiary alicyclic amines) is 1. The first-order valence-electron chi connectivity index (χ1n) is 11.7. The van der Waals surface area contributed by atoms with E-state index in [-0.39, 0.29) is 42.2 Å². The molecule has 1 aromatic heterocycles. The van der Waals surface area contributed by atoms with Crippen molar-refractivity contribution in [2.24, 2.45) is 5.73 Å². The molecular weight excluding hydrogens is 462 g/mol. The number of piperidine rings is 1. The maximum Gasteiger partial charge on any atom is 0.252 e. The largest absolute Gasteiger partial charge is 0.508 e. The summed E-state index contributed by atoms with van der Waals surface area (Å²) < 4.78 is 7.78. The van der Waals surface area contributed by atoms with E-state index in [1.807, 2.05) is 0 Å². The van der Waals surface area contributed by atoms with Crippen molar-refractivity contribution in [1.82, 2.24) is 19.8 Å². The van der Waals surface area contributed by atoms with Crippen LogP contribution in [0.4, 0.5) is 0 Å². The van der Waals surface area contributed by atoms with Crippen LogP contribution < -0.4 is 15.8 Å². The Hall–Kier alpha value is -4.34. The summed E-state index contributed by atoms with van der Waals surface area (Å²) in [6, 6.07) is 11.8. The molecule has 0 unspecified atom stereocenters. The van der Waals surface area contributed by atoms with Gasteiger partial charge in [0, 0.05) is 44.7 Å². The molecule has 188 valence electrons. The maximum atomic E-state index is 12.6. The third-order valence-electron chi connectivity index (χ3n) is 6.16. The normalized spacial score (nSPS) is 13.9. The van der Waals surface area contributed by atoms with Crippen molar-refractivity contribution in [3.8, 4) is 22.8 Å². The molecule has 1 aliphatic heterocycles. The van der Waals surface area contributed by atoms with E-state index in [9.17, 15) is 19.5 Å². The number of nitrogens with two attached hydrogens (primary N) is 1. The number of carbonyl (C=O) groups is 3. The van der Waals surface area contributed by atoms with Gasteiger partial charge in [-0.3, -0.25) is 14.4 Å². The molecule has 0 saturated carbocycles. The molecule has 1 fully saturated rings. The van der Waals surface area contributed by atoms with Gasteiger partial charge in [0.05, 0.1) is 24.0 Å². The van der Waals surface area contributed by atoms with Crippen molar-refractivity contribution in [2.45, 2.75) is 31.9 Å². The van der Waals surface area contributed by atoms with Crippen LogP contribution in [0.15, 0.2) is 55.0 Å². The number of aromatic nitrogens is 2. The Kier molecular flexibility index (Phi) is 7.53. The van der Waals surface area contributed by atoms with Gasteiger partial charge in [0.25, 0.3) is 5.91 Å². The van der Waals surface area contributed by atoms with Crippen molar-refractivity contribution in [3.05, 3.63) is 66.1 Å². The van der Waals surface area contributed by atoms with Crippen molar-refractivity contribution < 1.29 is 24.2 Å². The molecule has 1 saturated heterocycles. The average Bonchev–Trinajstić information content (AvgIpc) is 3.34. The molecule has 2 aromatic carbocycles. The first kappa shape index (κ1) is 24.8. The Bertz CT molecular complexity index is 1250. The highest BCUT2D eigenvalue weighted by atomic mass is 16.5. The number of aromatic hydroxyl groups is 1. The summed E-state index contributed by atoms with van der Waals surface area (Å²) in [7, 11) is 1.57. The molecule has 3 aromatic rings. The zero-order valence-electron chi connectivity index (χ0n) is 20.0. The molecule has 4 rings (SSSR count). The first-order valence-corrected chi connectivity index (χ1v) is 11.7. The number of amides is 3. The minimum absolute atomic E-state index is 0.0252. The molecule has 1 aliphatic rings. The van der Waals surface area contributed by atoms with E-state index in [1.165, 1.54) is 0 Å². The van der Waals surface area contributed by atoms with Gasteiger partial charge in [0.1, 0.15) is 24.1 Å². The molecule has 10 nitrogen and oxygen atoms in total. The van der Waals surface area contributed by atoms with Gasteiger partial charge in [-0.25, -0.2) is 4.98 Å². The monoisotopic (exact) mass is 491 g/mol. The number of primary amides is 1. The SMILES string of the molecule is CNC(=O)Cn1cnc(-c2ccc(OC3CCN(C(=O)Cc4ccc(O)cc4)CC3)c(C(N)=O)c2)c1. The Balaban J connectivity index is 1.37. The number of phenols is 1. The van der Waals surface area contributed by atoms with Crippen LogP contribution in [0.25, 0.3) is 11.3 Å². The number of likely N-dealkylation sites (N-methyl/N-ethyl adjacent to an activating group) is 1. The lowest BCUT2D eigenvalue weighted by molar-refractivity contribution is -0.132. The topological polar surface area (TPSA) is 140 Å². The lowest BCUT2D eigenvalue weighted by Crippen LogP contribution is -2.42. The molecule has 36 heavy (non-hydrogen) atoms. The lowest BCUT2D eigenvalue weighted by atomic mass is 10.0. The van der Waals surface area contributed by atoms with E-state index in [1.54, 1.807) is 71.5 Å². The predicted octanol–water partition coefficient (Wildman–Crippen LogP) is 1.71. The first-order chi connectivity index (χ1) is 17.3. The Morgan fingerprint density at radius 1 is 1.14 bits per heavy atom. The molecule has 0 radical (unpaired) electrons. The highest BCUT2D eigenvalue weighted by molar-refractivity contribution is 5.97. The predicted molar refractivity (Wildman–Crippen MR) is 132 cm³/mol. The molecule has 0 atom stereocenters. The van der Waals surface area contributed by atoms with E-state index >= 15 is 0 Å². The summed E-state index contributed by atoms with van der Waals surface area (Å²) in [5.41, 5.74) is 8.02. The summed E-state index contributed by atoms with van der Waals surface area (Å²) in [5, 5.41) is 12.0. The zero-order valence-corrected chi connectivity index (χ0v) is 20.0. The van der Waals surface area contributed by atoms with Crippen LogP contribution in [0.3, 0.4) is 0 Å². The number of carbonyl (C=O) groups excluding carboxylic acids is 3. The number of rotatable bonds is 8.